The van der Waals surface area contributed by atoms with Gasteiger partial charge in [-0.05, 0) is 43.3 Å². The maximum Gasteiger partial charge on any atom is 0.416 e. The smallest absolute Gasteiger partial charge is 0.416 e. The second-order valence-electron chi connectivity index (χ2n) is 9.60. The number of benzene rings is 3. The molecule has 1 N–H and O–H groups in total. The Hall–Kier alpha value is -3.67. The van der Waals surface area contributed by atoms with E-state index < -0.39 is 21.8 Å². The van der Waals surface area contributed by atoms with E-state index in [-0.39, 0.29) is 22.9 Å². The van der Waals surface area contributed by atoms with Crippen LogP contribution in [-0.2, 0) is 16.2 Å². The summed E-state index contributed by atoms with van der Waals surface area (Å²) in [6.45, 7) is 4.09. The zero-order valence-electron chi connectivity index (χ0n) is 21.9. The zero-order chi connectivity index (χ0) is 28.3. The lowest BCUT2D eigenvalue weighted by Crippen LogP contribution is -2.49. The molecule has 0 amide bonds. The first-order chi connectivity index (χ1) is 19.1. The third-order valence-corrected chi connectivity index (χ3v) is 8.66. The normalized spacial score (nSPS) is 15.3. The van der Waals surface area contributed by atoms with E-state index in [0.29, 0.717) is 38.4 Å². The molecule has 7 nitrogen and oxygen atoms in total. The summed E-state index contributed by atoms with van der Waals surface area (Å²) in [5, 5.41) is 3.91. The molecular weight excluding hydrogens is 541 g/mol. The van der Waals surface area contributed by atoms with Crippen molar-refractivity contribution in [3.8, 4) is 5.75 Å². The third kappa shape index (κ3) is 6.38. The van der Waals surface area contributed by atoms with Gasteiger partial charge in [-0.1, -0.05) is 36.4 Å². The topological polar surface area (TPSA) is 74.8 Å². The minimum Gasteiger partial charge on any atom is -0.492 e. The molecule has 0 aliphatic carbocycles. The number of rotatable bonds is 8. The van der Waals surface area contributed by atoms with Gasteiger partial charge in [0.2, 0.25) is 10.0 Å². The molecule has 5 rings (SSSR count). The van der Waals surface area contributed by atoms with Gasteiger partial charge < -0.3 is 10.1 Å². The van der Waals surface area contributed by atoms with Gasteiger partial charge in [0.05, 0.1) is 16.0 Å². The standard InChI is InChI=1S/C29H29F3N4O3S/c1-21-17-28(26-9-5-6-10-27(26)33-21)34-23-18-22(29(30,31)32)19-24(20-23)39-16-15-35-11-13-36(14-12-35)40(37,38)25-7-3-2-4-8-25/h2-10,17-20H,11-16H2,1H3,(H,33,34). The Morgan fingerprint density at radius 2 is 1.62 bits per heavy atom. The Morgan fingerprint density at radius 1 is 0.925 bits per heavy atom. The number of nitrogens with one attached hydrogen (secondary N) is 1. The Labute approximate surface area is 231 Å². The molecule has 1 fully saturated rings. The molecule has 0 atom stereocenters. The van der Waals surface area contributed by atoms with Gasteiger partial charge in [-0.2, -0.15) is 17.5 Å². The van der Waals surface area contributed by atoms with Gasteiger partial charge in [0.1, 0.15) is 12.4 Å². The number of alkyl halides is 3. The second kappa shape index (κ2) is 11.4. The van der Waals surface area contributed by atoms with E-state index in [1.165, 1.54) is 4.31 Å². The summed E-state index contributed by atoms with van der Waals surface area (Å²) in [6.07, 6.45) is -4.55. The van der Waals surface area contributed by atoms with Crippen LogP contribution in [0.1, 0.15) is 11.3 Å². The Bertz CT molecular complexity index is 1590. The average Bonchev–Trinajstić information content (AvgIpc) is 2.93. The summed E-state index contributed by atoms with van der Waals surface area (Å²) in [5.74, 6) is 0.0951. The molecule has 0 saturated carbocycles. The number of para-hydroxylation sites is 1. The van der Waals surface area contributed by atoms with Crippen LogP contribution in [0, 0.1) is 6.92 Å². The largest absolute Gasteiger partial charge is 0.492 e. The monoisotopic (exact) mass is 570 g/mol. The second-order valence-corrected chi connectivity index (χ2v) is 11.5. The number of hydrogen-bond acceptors (Lipinski definition) is 6. The lowest BCUT2D eigenvalue weighted by atomic mass is 10.1. The molecule has 2 heterocycles. The number of anilines is 2. The molecule has 0 radical (unpaired) electrons. The summed E-state index contributed by atoms with van der Waals surface area (Å²) in [7, 11) is -3.56. The van der Waals surface area contributed by atoms with Crippen LogP contribution in [0.5, 0.6) is 5.75 Å². The first kappa shape index (κ1) is 27.9. The van der Waals surface area contributed by atoms with Gasteiger partial charge in [-0.3, -0.25) is 9.88 Å². The maximum absolute atomic E-state index is 13.7. The number of halogens is 3. The average molecular weight is 571 g/mol. The van der Waals surface area contributed by atoms with Crippen molar-refractivity contribution in [1.82, 2.24) is 14.2 Å². The van der Waals surface area contributed by atoms with Gasteiger partial charge >= 0.3 is 6.18 Å². The highest BCUT2D eigenvalue weighted by Gasteiger charge is 2.32. The molecule has 0 spiro atoms. The molecular formula is C29H29F3N4O3S. The van der Waals surface area contributed by atoms with E-state index in [0.717, 1.165) is 28.7 Å². The van der Waals surface area contributed by atoms with Crippen LogP contribution in [0.25, 0.3) is 10.9 Å². The van der Waals surface area contributed by atoms with Crippen LogP contribution in [0.4, 0.5) is 24.5 Å². The van der Waals surface area contributed by atoms with Gasteiger partial charge in [0, 0.05) is 61.2 Å². The lowest BCUT2D eigenvalue weighted by molar-refractivity contribution is -0.137. The summed E-state index contributed by atoms with van der Waals surface area (Å²) >= 11 is 0. The number of aryl methyl sites for hydroxylation is 1. The maximum atomic E-state index is 13.7. The molecule has 1 aromatic heterocycles. The third-order valence-electron chi connectivity index (χ3n) is 6.75. The van der Waals surface area contributed by atoms with Crippen LogP contribution in [-0.4, -0.2) is 61.9 Å². The van der Waals surface area contributed by atoms with Crippen LogP contribution >= 0.6 is 0 Å². The number of ether oxygens (including phenoxy) is 1. The fourth-order valence-corrected chi connectivity index (χ4v) is 6.16. The molecule has 1 aliphatic rings. The highest BCUT2D eigenvalue weighted by Crippen LogP contribution is 2.36. The number of sulfonamides is 1. The predicted molar refractivity (Wildman–Crippen MR) is 148 cm³/mol. The Morgan fingerprint density at radius 3 is 2.35 bits per heavy atom. The summed E-state index contributed by atoms with van der Waals surface area (Å²) < 4.78 is 74.1. The molecule has 1 saturated heterocycles. The fraction of sp³-hybridized carbons (Fsp3) is 0.276. The molecule has 210 valence electrons. The van der Waals surface area contributed by atoms with Crippen LogP contribution in [0.3, 0.4) is 0 Å². The van der Waals surface area contributed by atoms with E-state index >= 15 is 0 Å². The molecule has 0 unspecified atom stereocenters. The number of fused-ring (bicyclic) bond motifs is 1. The highest BCUT2D eigenvalue weighted by molar-refractivity contribution is 7.89. The van der Waals surface area contributed by atoms with Gasteiger partial charge in [-0.25, -0.2) is 8.42 Å². The summed E-state index contributed by atoms with van der Waals surface area (Å²) in [4.78, 5) is 6.78. The van der Waals surface area contributed by atoms with Crippen molar-refractivity contribution >= 4 is 32.3 Å². The van der Waals surface area contributed by atoms with Crippen molar-refractivity contribution < 1.29 is 26.3 Å². The molecule has 3 aromatic carbocycles. The number of aromatic nitrogens is 1. The van der Waals surface area contributed by atoms with E-state index in [1.807, 2.05) is 36.1 Å². The minimum atomic E-state index is -4.55. The Balaban J connectivity index is 1.24. The number of piperazine rings is 1. The van der Waals surface area contributed by atoms with E-state index in [1.54, 1.807) is 42.5 Å². The van der Waals surface area contributed by atoms with Gasteiger partial charge in [0.25, 0.3) is 0 Å². The Kier molecular flexibility index (Phi) is 7.97. The van der Waals surface area contributed by atoms with Crippen LogP contribution in [0.15, 0.2) is 83.8 Å². The van der Waals surface area contributed by atoms with Crippen molar-refractivity contribution in [3.05, 3.63) is 90.1 Å². The van der Waals surface area contributed by atoms with Crippen molar-refractivity contribution in [2.75, 3.05) is 44.6 Å². The predicted octanol–water partition coefficient (Wildman–Crippen LogP) is 5.69. The molecule has 1 aliphatic heterocycles. The fourth-order valence-electron chi connectivity index (χ4n) is 4.71. The lowest BCUT2D eigenvalue weighted by Gasteiger charge is -2.33. The van der Waals surface area contributed by atoms with Crippen molar-refractivity contribution in [3.63, 3.8) is 0 Å². The molecule has 4 aromatic rings. The van der Waals surface area contributed by atoms with Crippen LogP contribution in [0.2, 0.25) is 0 Å². The van der Waals surface area contributed by atoms with Gasteiger partial charge in [0.15, 0.2) is 0 Å². The first-order valence-corrected chi connectivity index (χ1v) is 14.3. The SMILES string of the molecule is Cc1cc(Nc2cc(OCCN3CCN(S(=O)(=O)c4ccccc4)CC3)cc(C(F)(F)F)c2)c2ccccc2n1. The van der Waals surface area contributed by atoms with Crippen molar-refractivity contribution in [1.29, 1.82) is 0 Å². The molecule has 0 bridgehead atoms. The first-order valence-electron chi connectivity index (χ1n) is 12.9. The number of hydrogen-bond donors (Lipinski definition) is 1. The van der Waals surface area contributed by atoms with E-state index in [9.17, 15) is 21.6 Å². The van der Waals surface area contributed by atoms with Crippen LogP contribution < -0.4 is 10.1 Å². The van der Waals surface area contributed by atoms with E-state index in [4.69, 9.17) is 4.74 Å². The minimum absolute atomic E-state index is 0.0951. The number of nitrogens with zero attached hydrogens (tertiary/aromatic N) is 3. The molecule has 11 heteroatoms. The van der Waals surface area contributed by atoms with Crippen molar-refractivity contribution in [2.45, 2.75) is 18.0 Å². The summed E-state index contributed by atoms with van der Waals surface area (Å²) in [5.41, 5.74) is 1.56. The van der Waals surface area contributed by atoms with Gasteiger partial charge in [-0.15, -0.1) is 0 Å². The zero-order valence-corrected chi connectivity index (χ0v) is 22.7. The highest BCUT2D eigenvalue weighted by atomic mass is 32.2. The van der Waals surface area contributed by atoms with Crippen molar-refractivity contribution in [2.24, 2.45) is 0 Å². The summed E-state index contributed by atoms with van der Waals surface area (Å²) in [6, 6.07) is 21.1. The number of pyridine rings is 1. The molecule has 40 heavy (non-hydrogen) atoms. The quantitative estimate of drug-likeness (QED) is 0.293. The van der Waals surface area contributed by atoms with E-state index in [2.05, 4.69) is 10.3 Å².